The molecule has 1 heterocycles. The summed E-state index contributed by atoms with van der Waals surface area (Å²) in [7, 11) is 1.56. The highest BCUT2D eigenvalue weighted by molar-refractivity contribution is 5.92. The van der Waals surface area contributed by atoms with Crippen LogP contribution in [0, 0.1) is 0 Å². The third-order valence-electron chi connectivity index (χ3n) is 2.86. The molecule has 2 aromatic rings. The van der Waals surface area contributed by atoms with Gasteiger partial charge in [0.05, 0.1) is 13.2 Å². The lowest BCUT2D eigenvalue weighted by atomic mass is 10.2. The minimum Gasteiger partial charge on any atom is -0.383 e. The normalized spacial score (nSPS) is 11.0. The predicted octanol–water partition coefficient (Wildman–Crippen LogP) is 2.35. The third kappa shape index (κ3) is 6.33. The van der Waals surface area contributed by atoms with E-state index in [4.69, 9.17) is 4.74 Å². The molecular formula is C14H16ClF3N4O3. The third-order valence-corrected chi connectivity index (χ3v) is 2.86. The Morgan fingerprint density at radius 3 is 2.52 bits per heavy atom. The fourth-order valence-corrected chi connectivity index (χ4v) is 1.74. The maximum atomic E-state index is 12.4. The number of hydrogen-bond donors (Lipinski definition) is 2. The number of aromatic nitrogens is 2. The van der Waals surface area contributed by atoms with E-state index in [2.05, 4.69) is 25.3 Å². The van der Waals surface area contributed by atoms with Crippen LogP contribution in [-0.4, -0.2) is 42.9 Å². The van der Waals surface area contributed by atoms with Gasteiger partial charge < -0.3 is 19.9 Å². The lowest BCUT2D eigenvalue weighted by Gasteiger charge is -2.06. The number of carbonyl (C=O) groups is 1. The van der Waals surface area contributed by atoms with Gasteiger partial charge in [0.15, 0.2) is 0 Å². The summed E-state index contributed by atoms with van der Waals surface area (Å²) in [6.45, 7) is 1.15. The van der Waals surface area contributed by atoms with Gasteiger partial charge in [-0.2, -0.15) is 18.2 Å². The maximum absolute atomic E-state index is 12.4. The van der Waals surface area contributed by atoms with Gasteiger partial charge in [0.2, 0.25) is 11.7 Å². The van der Waals surface area contributed by atoms with Crippen LogP contribution in [0.3, 0.4) is 0 Å². The zero-order chi connectivity index (χ0) is 17.6. The van der Waals surface area contributed by atoms with Gasteiger partial charge in [0.1, 0.15) is 0 Å². The number of carbonyl (C=O) groups excluding carboxylic acids is 1. The van der Waals surface area contributed by atoms with E-state index in [0.29, 0.717) is 24.4 Å². The van der Waals surface area contributed by atoms with E-state index in [-0.39, 0.29) is 30.7 Å². The van der Waals surface area contributed by atoms with E-state index in [9.17, 15) is 18.0 Å². The molecule has 0 aliphatic carbocycles. The molecule has 2 rings (SSSR count). The first-order valence-corrected chi connectivity index (χ1v) is 6.91. The van der Waals surface area contributed by atoms with Gasteiger partial charge in [0.25, 0.3) is 0 Å². The number of halogens is 4. The van der Waals surface area contributed by atoms with Crippen LogP contribution in [0.1, 0.15) is 5.89 Å². The molecule has 7 nitrogen and oxygen atoms in total. The molecule has 0 atom stereocenters. The largest absolute Gasteiger partial charge is 0.471 e. The van der Waals surface area contributed by atoms with Crippen LogP contribution in [0.2, 0.25) is 0 Å². The molecule has 0 aliphatic heterocycles. The number of ether oxygens (including phenoxy) is 1. The molecule has 0 saturated carbocycles. The zero-order valence-electron chi connectivity index (χ0n) is 13.1. The van der Waals surface area contributed by atoms with E-state index in [1.165, 1.54) is 24.3 Å². The Hall–Kier alpha value is -2.17. The molecule has 25 heavy (non-hydrogen) atoms. The van der Waals surface area contributed by atoms with Gasteiger partial charge in [-0.15, -0.1) is 12.4 Å². The summed E-state index contributed by atoms with van der Waals surface area (Å²) in [6, 6.07) is 6.04. The number of benzene rings is 1. The van der Waals surface area contributed by atoms with Crippen LogP contribution in [0.4, 0.5) is 18.9 Å². The quantitative estimate of drug-likeness (QED) is 0.717. The summed E-state index contributed by atoms with van der Waals surface area (Å²) in [6.07, 6.45) is -4.69. The highest BCUT2D eigenvalue weighted by Crippen LogP contribution is 2.29. The topological polar surface area (TPSA) is 89.3 Å². The fourth-order valence-electron chi connectivity index (χ4n) is 1.74. The molecule has 0 spiro atoms. The summed E-state index contributed by atoms with van der Waals surface area (Å²) in [5, 5.41) is 8.81. The van der Waals surface area contributed by atoms with Crippen molar-refractivity contribution < 1.29 is 27.2 Å². The van der Waals surface area contributed by atoms with E-state index in [0.717, 1.165) is 0 Å². The van der Waals surface area contributed by atoms with E-state index >= 15 is 0 Å². The van der Waals surface area contributed by atoms with Crippen molar-refractivity contribution in [2.75, 3.05) is 32.1 Å². The Morgan fingerprint density at radius 1 is 1.28 bits per heavy atom. The van der Waals surface area contributed by atoms with Crippen LogP contribution in [-0.2, 0) is 15.7 Å². The van der Waals surface area contributed by atoms with Crippen LogP contribution in [0.15, 0.2) is 28.8 Å². The molecule has 1 amide bonds. The van der Waals surface area contributed by atoms with Crippen LogP contribution in [0.5, 0.6) is 0 Å². The van der Waals surface area contributed by atoms with Crippen molar-refractivity contribution >= 4 is 24.0 Å². The highest BCUT2D eigenvalue weighted by atomic mass is 35.5. The average Bonchev–Trinajstić information content (AvgIpc) is 3.02. The second-order valence-corrected chi connectivity index (χ2v) is 4.72. The minimum atomic E-state index is -4.69. The first-order chi connectivity index (χ1) is 11.4. The van der Waals surface area contributed by atoms with Gasteiger partial charge in [-0.05, 0) is 24.3 Å². The Kier molecular flexibility index (Phi) is 7.81. The summed E-state index contributed by atoms with van der Waals surface area (Å²) in [5.74, 6) is -1.84. The Balaban J connectivity index is 0.00000312. The van der Waals surface area contributed by atoms with Gasteiger partial charge in [-0.3, -0.25) is 4.79 Å². The van der Waals surface area contributed by atoms with Crippen molar-refractivity contribution in [1.29, 1.82) is 0 Å². The van der Waals surface area contributed by atoms with Crippen molar-refractivity contribution in [3.8, 4) is 11.4 Å². The van der Waals surface area contributed by atoms with Gasteiger partial charge in [-0.1, -0.05) is 5.16 Å². The van der Waals surface area contributed by atoms with Crippen molar-refractivity contribution in [3.05, 3.63) is 30.2 Å². The molecule has 0 saturated heterocycles. The number of anilines is 1. The lowest BCUT2D eigenvalue weighted by Crippen LogP contribution is -2.30. The molecule has 0 fully saturated rings. The zero-order valence-corrected chi connectivity index (χ0v) is 13.9. The van der Waals surface area contributed by atoms with Crippen molar-refractivity contribution in [1.82, 2.24) is 15.5 Å². The number of rotatable bonds is 7. The number of methoxy groups -OCH3 is 1. The molecule has 11 heteroatoms. The number of amides is 1. The molecule has 2 N–H and O–H groups in total. The van der Waals surface area contributed by atoms with Crippen molar-refractivity contribution in [2.24, 2.45) is 0 Å². The monoisotopic (exact) mass is 380 g/mol. The van der Waals surface area contributed by atoms with Gasteiger partial charge in [0, 0.05) is 24.9 Å². The molecule has 1 aromatic carbocycles. The standard InChI is InChI=1S/C14H15F3N4O3.ClH/c1-23-7-6-18-8-11(22)19-10-4-2-9(3-5-10)12-20-13(24-21-12)14(15,16)17;/h2-5,18H,6-8H2,1H3,(H,19,22);1H. The smallest absolute Gasteiger partial charge is 0.383 e. The number of hydrogen-bond acceptors (Lipinski definition) is 6. The molecule has 0 aliphatic rings. The number of alkyl halides is 3. The minimum absolute atomic E-state index is 0. The van der Waals surface area contributed by atoms with Crippen molar-refractivity contribution in [3.63, 3.8) is 0 Å². The summed E-state index contributed by atoms with van der Waals surface area (Å²) >= 11 is 0. The number of nitrogens with one attached hydrogen (secondary N) is 2. The van der Waals surface area contributed by atoms with E-state index in [1.54, 1.807) is 7.11 Å². The molecule has 0 unspecified atom stereocenters. The van der Waals surface area contributed by atoms with Crippen LogP contribution in [0.25, 0.3) is 11.4 Å². The fraction of sp³-hybridized carbons (Fsp3) is 0.357. The first-order valence-electron chi connectivity index (χ1n) is 6.91. The summed E-state index contributed by atoms with van der Waals surface area (Å²) < 4.78 is 46.3. The molecule has 1 aromatic heterocycles. The second-order valence-electron chi connectivity index (χ2n) is 4.72. The summed E-state index contributed by atoms with van der Waals surface area (Å²) in [4.78, 5) is 15.0. The first kappa shape index (κ1) is 20.9. The number of nitrogens with zero attached hydrogens (tertiary/aromatic N) is 2. The molecule has 0 bridgehead atoms. The maximum Gasteiger partial charge on any atom is 0.471 e. The lowest BCUT2D eigenvalue weighted by molar-refractivity contribution is -0.159. The Labute approximate surface area is 147 Å². The van der Waals surface area contributed by atoms with Gasteiger partial charge in [-0.25, -0.2) is 0 Å². The van der Waals surface area contributed by atoms with E-state index < -0.39 is 12.1 Å². The van der Waals surface area contributed by atoms with Crippen LogP contribution < -0.4 is 10.6 Å². The molecular weight excluding hydrogens is 365 g/mol. The Bertz CT molecular complexity index is 677. The second kappa shape index (κ2) is 9.35. The van der Waals surface area contributed by atoms with Gasteiger partial charge >= 0.3 is 12.1 Å². The van der Waals surface area contributed by atoms with Crippen molar-refractivity contribution in [2.45, 2.75) is 6.18 Å². The summed E-state index contributed by atoms with van der Waals surface area (Å²) in [5.41, 5.74) is 0.835. The van der Waals surface area contributed by atoms with Crippen LogP contribution >= 0.6 is 12.4 Å². The average molecular weight is 381 g/mol. The SMILES string of the molecule is COCCNCC(=O)Nc1ccc(-c2noc(C(F)(F)F)n2)cc1.Cl. The molecule has 138 valence electrons. The Morgan fingerprint density at radius 2 is 1.96 bits per heavy atom. The predicted molar refractivity (Wildman–Crippen MR) is 85.4 cm³/mol. The molecule has 0 radical (unpaired) electrons. The highest BCUT2D eigenvalue weighted by Gasteiger charge is 2.38. The van der Waals surface area contributed by atoms with E-state index in [1.807, 2.05) is 0 Å².